The Kier molecular flexibility index (Phi) is 6.71. The first-order valence-electron chi connectivity index (χ1n) is 7.87. The van der Waals surface area contributed by atoms with Crippen molar-refractivity contribution in [3.8, 4) is 0 Å². The fourth-order valence-electron chi connectivity index (χ4n) is 2.22. The number of esters is 1. The number of aryl methyl sites for hydroxylation is 1. The van der Waals surface area contributed by atoms with Crippen LogP contribution in [0, 0.1) is 0 Å². The second-order valence-corrected chi connectivity index (χ2v) is 5.38. The van der Waals surface area contributed by atoms with E-state index in [0.717, 1.165) is 5.56 Å². The zero-order chi connectivity index (χ0) is 18.1. The molecule has 6 nitrogen and oxygen atoms in total. The number of hydrogen-bond acceptors (Lipinski definition) is 4. The summed E-state index contributed by atoms with van der Waals surface area (Å²) in [7, 11) is 1.29. The van der Waals surface area contributed by atoms with Crippen molar-refractivity contribution in [2.75, 3.05) is 19.0 Å². The second kappa shape index (κ2) is 9.22. The van der Waals surface area contributed by atoms with Crippen molar-refractivity contribution in [3.05, 3.63) is 65.7 Å². The van der Waals surface area contributed by atoms with Crippen LogP contribution in [0.3, 0.4) is 0 Å². The Morgan fingerprint density at radius 2 is 1.72 bits per heavy atom. The minimum absolute atomic E-state index is 0.129. The van der Waals surface area contributed by atoms with E-state index < -0.39 is 5.97 Å². The lowest BCUT2D eigenvalue weighted by molar-refractivity contribution is -0.124. The topological polar surface area (TPSA) is 84.5 Å². The average molecular weight is 340 g/mol. The molecular formula is C19H20N2O4. The fourth-order valence-corrected chi connectivity index (χ4v) is 2.22. The molecule has 0 aromatic heterocycles. The van der Waals surface area contributed by atoms with Gasteiger partial charge >= 0.3 is 5.97 Å². The molecule has 0 aliphatic carbocycles. The predicted molar refractivity (Wildman–Crippen MR) is 94.2 cm³/mol. The van der Waals surface area contributed by atoms with Crippen LogP contribution >= 0.6 is 0 Å². The summed E-state index contributed by atoms with van der Waals surface area (Å²) in [6.45, 7) is -0.129. The van der Waals surface area contributed by atoms with Crippen molar-refractivity contribution in [1.29, 1.82) is 0 Å². The highest BCUT2D eigenvalue weighted by Crippen LogP contribution is 2.11. The number of nitrogens with one attached hydrogen (secondary N) is 2. The van der Waals surface area contributed by atoms with Gasteiger partial charge in [0.15, 0.2) is 0 Å². The number of methoxy groups -OCH3 is 1. The molecule has 2 aromatic rings. The van der Waals surface area contributed by atoms with E-state index in [2.05, 4.69) is 15.4 Å². The van der Waals surface area contributed by atoms with Crippen LogP contribution < -0.4 is 10.6 Å². The van der Waals surface area contributed by atoms with Crippen molar-refractivity contribution in [1.82, 2.24) is 5.32 Å². The summed E-state index contributed by atoms with van der Waals surface area (Å²) in [6, 6.07) is 16.1. The molecule has 0 radical (unpaired) electrons. The third-order valence-corrected chi connectivity index (χ3v) is 3.50. The maximum atomic E-state index is 11.9. The van der Waals surface area contributed by atoms with Gasteiger partial charge in [0.25, 0.3) is 0 Å². The Balaban J connectivity index is 1.76. The van der Waals surface area contributed by atoms with Crippen molar-refractivity contribution in [2.24, 2.45) is 0 Å². The van der Waals surface area contributed by atoms with Crippen molar-refractivity contribution in [2.45, 2.75) is 12.8 Å². The molecule has 2 N–H and O–H groups in total. The normalized spacial score (nSPS) is 9.96. The number of rotatable bonds is 7. The third kappa shape index (κ3) is 6.10. The number of amides is 2. The number of benzene rings is 2. The van der Waals surface area contributed by atoms with Crippen molar-refractivity contribution < 1.29 is 19.1 Å². The van der Waals surface area contributed by atoms with Gasteiger partial charge in [0, 0.05) is 12.1 Å². The minimum atomic E-state index is -0.481. The Bertz CT molecular complexity index is 744. The van der Waals surface area contributed by atoms with Crippen LogP contribution in [0.4, 0.5) is 5.69 Å². The lowest BCUT2D eigenvalue weighted by Gasteiger charge is -2.08. The zero-order valence-electron chi connectivity index (χ0n) is 14.0. The molecule has 0 saturated carbocycles. The Morgan fingerprint density at radius 3 is 2.44 bits per heavy atom. The molecule has 25 heavy (non-hydrogen) atoms. The summed E-state index contributed by atoms with van der Waals surface area (Å²) < 4.78 is 4.63. The summed E-state index contributed by atoms with van der Waals surface area (Å²) in [4.78, 5) is 35.2. The summed E-state index contributed by atoms with van der Waals surface area (Å²) >= 11 is 0. The Labute approximate surface area is 146 Å². The molecule has 0 bridgehead atoms. The van der Waals surface area contributed by atoms with Crippen molar-refractivity contribution in [3.63, 3.8) is 0 Å². The first-order chi connectivity index (χ1) is 12.1. The number of ether oxygens (including phenoxy) is 1. The standard InChI is InChI=1S/C19H20N2O4/c1-25-19(24)15-8-5-9-16(12-15)21-18(23)13-20-17(22)11-10-14-6-3-2-4-7-14/h2-9,12H,10-11,13H2,1H3,(H,20,22)(H,21,23). The zero-order valence-corrected chi connectivity index (χ0v) is 14.0. The first-order valence-corrected chi connectivity index (χ1v) is 7.87. The largest absolute Gasteiger partial charge is 0.465 e. The Morgan fingerprint density at radius 1 is 0.960 bits per heavy atom. The van der Waals surface area contributed by atoms with Crippen LogP contribution in [0.5, 0.6) is 0 Å². The lowest BCUT2D eigenvalue weighted by Crippen LogP contribution is -2.33. The second-order valence-electron chi connectivity index (χ2n) is 5.38. The highest BCUT2D eigenvalue weighted by Gasteiger charge is 2.09. The maximum absolute atomic E-state index is 11.9. The third-order valence-electron chi connectivity index (χ3n) is 3.50. The van der Waals surface area contributed by atoms with Crippen LogP contribution in [0.15, 0.2) is 54.6 Å². The molecule has 6 heteroatoms. The quantitative estimate of drug-likeness (QED) is 0.757. The van der Waals surface area contributed by atoms with E-state index in [1.807, 2.05) is 30.3 Å². The van der Waals surface area contributed by atoms with E-state index >= 15 is 0 Å². The first kappa shape index (κ1) is 18.2. The number of carbonyl (C=O) groups is 3. The number of carbonyl (C=O) groups excluding carboxylic acids is 3. The molecule has 0 unspecified atom stereocenters. The summed E-state index contributed by atoms with van der Waals surface area (Å²) in [5.41, 5.74) is 1.88. The molecule has 0 atom stereocenters. The van der Waals surface area contributed by atoms with Crippen LogP contribution in [0.2, 0.25) is 0 Å². The SMILES string of the molecule is COC(=O)c1cccc(NC(=O)CNC(=O)CCc2ccccc2)c1. The van der Waals surface area contributed by atoms with Gasteiger partial charge in [-0.2, -0.15) is 0 Å². The molecule has 0 aliphatic rings. The van der Waals surface area contributed by atoms with Gasteiger partial charge in [0.2, 0.25) is 11.8 Å². The lowest BCUT2D eigenvalue weighted by atomic mass is 10.1. The molecule has 2 aromatic carbocycles. The van der Waals surface area contributed by atoms with E-state index in [1.54, 1.807) is 18.2 Å². The monoisotopic (exact) mass is 340 g/mol. The summed E-state index contributed by atoms with van der Waals surface area (Å²) in [5.74, 6) is -1.04. The molecule has 0 aliphatic heterocycles. The fraction of sp³-hybridized carbons (Fsp3) is 0.211. The van der Waals surface area contributed by atoms with Gasteiger partial charge < -0.3 is 15.4 Å². The average Bonchev–Trinajstić information content (AvgIpc) is 2.65. The van der Waals surface area contributed by atoms with E-state index in [9.17, 15) is 14.4 Å². The summed E-state index contributed by atoms with van der Waals surface area (Å²) in [5, 5.41) is 5.21. The number of hydrogen-bond donors (Lipinski definition) is 2. The molecule has 130 valence electrons. The van der Waals surface area contributed by atoms with Crippen molar-refractivity contribution >= 4 is 23.5 Å². The predicted octanol–water partition coefficient (Wildman–Crippen LogP) is 2.16. The van der Waals surface area contributed by atoms with E-state index in [-0.39, 0.29) is 18.4 Å². The van der Waals surface area contributed by atoms with Gasteiger partial charge in [-0.25, -0.2) is 4.79 Å². The molecular weight excluding hydrogens is 320 g/mol. The van der Waals surface area contributed by atoms with Crippen LogP contribution in [-0.2, 0) is 20.7 Å². The molecule has 0 fully saturated rings. The minimum Gasteiger partial charge on any atom is -0.465 e. The van der Waals surface area contributed by atoms with E-state index in [4.69, 9.17) is 0 Å². The van der Waals surface area contributed by atoms with Gasteiger partial charge in [-0.3, -0.25) is 9.59 Å². The Hall–Kier alpha value is -3.15. The molecule has 2 rings (SSSR count). The van der Waals surface area contributed by atoms with Crippen LogP contribution in [-0.4, -0.2) is 31.4 Å². The van der Waals surface area contributed by atoms with Gasteiger partial charge in [-0.15, -0.1) is 0 Å². The molecule has 2 amide bonds. The molecule has 0 spiro atoms. The molecule has 0 heterocycles. The van der Waals surface area contributed by atoms with Crippen LogP contribution in [0.1, 0.15) is 22.3 Å². The highest BCUT2D eigenvalue weighted by molar-refractivity contribution is 5.96. The number of anilines is 1. The van der Waals surface area contributed by atoms with Gasteiger partial charge in [0.05, 0.1) is 19.2 Å². The van der Waals surface area contributed by atoms with Gasteiger partial charge in [-0.05, 0) is 30.2 Å². The highest BCUT2D eigenvalue weighted by atomic mass is 16.5. The maximum Gasteiger partial charge on any atom is 0.337 e. The van der Waals surface area contributed by atoms with Crippen LogP contribution in [0.25, 0.3) is 0 Å². The summed E-state index contributed by atoms with van der Waals surface area (Å²) in [6.07, 6.45) is 0.935. The van der Waals surface area contributed by atoms with Gasteiger partial charge in [-0.1, -0.05) is 36.4 Å². The van der Waals surface area contributed by atoms with E-state index in [1.165, 1.54) is 13.2 Å². The van der Waals surface area contributed by atoms with Gasteiger partial charge in [0.1, 0.15) is 0 Å². The smallest absolute Gasteiger partial charge is 0.337 e. The van der Waals surface area contributed by atoms with E-state index in [0.29, 0.717) is 24.1 Å². The molecule has 0 saturated heterocycles.